The van der Waals surface area contributed by atoms with E-state index in [0.29, 0.717) is 16.8 Å². The van der Waals surface area contributed by atoms with Crippen molar-refractivity contribution in [3.05, 3.63) is 71.8 Å². The Morgan fingerprint density at radius 3 is 2.88 bits per heavy atom. The van der Waals surface area contributed by atoms with E-state index in [1.807, 2.05) is 18.2 Å². The van der Waals surface area contributed by atoms with Crippen molar-refractivity contribution in [2.75, 3.05) is 11.9 Å². The second-order valence-electron chi connectivity index (χ2n) is 5.69. The van der Waals surface area contributed by atoms with Crippen LogP contribution in [-0.2, 0) is 4.79 Å². The molecule has 122 valence electrons. The maximum Gasteiger partial charge on any atom is 0.233 e. The molecule has 0 aliphatic rings. The summed E-state index contributed by atoms with van der Waals surface area (Å²) in [6.07, 6.45) is 3.45. The topological polar surface area (TPSA) is 68.0 Å². The molecule has 0 aliphatic carbocycles. The molecule has 0 saturated heterocycles. The summed E-state index contributed by atoms with van der Waals surface area (Å²) in [7, 11) is 0. The van der Waals surface area contributed by atoms with E-state index in [0.717, 1.165) is 10.8 Å². The Labute approximate surface area is 139 Å². The summed E-state index contributed by atoms with van der Waals surface area (Å²) in [6, 6.07) is 12.4. The number of nitrogens with zero attached hydrogens (tertiary/aromatic N) is 1. The largest absolute Gasteiger partial charge is 0.329 e. The average molecular weight is 323 g/mol. The molecular formula is C19H18FN3O. The van der Waals surface area contributed by atoms with Crippen LogP contribution in [0.3, 0.4) is 0 Å². The molecule has 0 radical (unpaired) electrons. The van der Waals surface area contributed by atoms with Crippen molar-refractivity contribution in [3.63, 3.8) is 0 Å². The number of fused-ring (bicyclic) bond motifs is 1. The molecule has 1 unspecified atom stereocenters. The van der Waals surface area contributed by atoms with E-state index in [4.69, 9.17) is 5.73 Å². The third-order valence-corrected chi connectivity index (χ3v) is 4.06. The van der Waals surface area contributed by atoms with Gasteiger partial charge in [0.1, 0.15) is 5.82 Å². The zero-order chi connectivity index (χ0) is 17.1. The van der Waals surface area contributed by atoms with Crippen LogP contribution in [0.1, 0.15) is 17.0 Å². The van der Waals surface area contributed by atoms with Crippen LogP contribution in [0.5, 0.6) is 0 Å². The smallest absolute Gasteiger partial charge is 0.233 e. The van der Waals surface area contributed by atoms with Gasteiger partial charge in [-0.2, -0.15) is 0 Å². The molecular weight excluding hydrogens is 305 g/mol. The molecule has 1 aromatic heterocycles. The van der Waals surface area contributed by atoms with Gasteiger partial charge < -0.3 is 11.1 Å². The summed E-state index contributed by atoms with van der Waals surface area (Å²) in [5.41, 5.74) is 7.19. The molecule has 0 aliphatic heterocycles. The van der Waals surface area contributed by atoms with Gasteiger partial charge in [-0.25, -0.2) is 4.39 Å². The minimum atomic E-state index is -0.738. The van der Waals surface area contributed by atoms with E-state index in [1.54, 1.807) is 43.6 Å². The normalized spacial score (nSPS) is 12.1. The number of nitrogens with two attached hydrogens (primary N) is 1. The number of amides is 1. The predicted octanol–water partition coefficient (Wildman–Crippen LogP) is 3.36. The average Bonchev–Trinajstić information content (AvgIpc) is 2.59. The summed E-state index contributed by atoms with van der Waals surface area (Å²) >= 11 is 0. The third-order valence-electron chi connectivity index (χ3n) is 4.06. The molecule has 0 saturated carbocycles. The molecule has 3 N–H and O–H groups in total. The number of carbonyl (C=O) groups is 1. The Balaban J connectivity index is 1.87. The van der Waals surface area contributed by atoms with Gasteiger partial charge in [0.2, 0.25) is 5.91 Å². The van der Waals surface area contributed by atoms with Crippen LogP contribution >= 0.6 is 0 Å². The zero-order valence-electron chi connectivity index (χ0n) is 13.3. The molecule has 24 heavy (non-hydrogen) atoms. The highest BCUT2D eigenvalue weighted by Gasteiger charge is 2.23. The lowest BCUT2D eigenvalue weighted by Crippen LogP contribution is -2.28. The predicted molar refractivity (Wildman–Crippen MR) is 93.3 cm³/mol. The lowest BCUT2D eigenvalue weighted by molar-refractivity contribution is -0.117. The molecule has 3 aromatic rings. The quantitative estimate of drug-likeness (QED) is 0.773. The van der Waals surface area contributed by atoms with Gasteiger partial charge in [-0.3, -0.25) is 9.78 Å². The lowest BCUT2D eigenvalue weighted by Gasteiger charge is -2.17. The highest BCUT2D eigenvalue weighted by molar-refractivity contribution is 5.98. The summed E-state index contributed by atoms with van der Waals surface area (Å²) in [5, 5.41) is 4.77. The molecule has 0 bridgehead atoms. The van der Waals surface area contributed by atoms with Crippen molar-refractivity contribution in [3.8, 4) is 0 Å². The van der Waals surface area contributed by atoms with Crippen LogP contribution in [-0.4, -0.2) is 17.4 Å². The third kappa shape index (κ3) is 3.12. The van der Waals surface area contributed by atoms with Crippen LogP contribution < -0.4 is 11.1 Å². The lowest BCUT2D eigenvalue weighted by atomic mass is 9.95. The first-order chi connectivity index (χ1) is 11.6. The Kier molecular flexibility index (Phi) is 4.53. The van der Waals surface area contributed by atoms with Crippen molar-refractivity contribution in [1.29, 1.82) is 0 Å². The van der Waals surface area contributed by atoms with Crippen molar-refractivity contribution in [2.24, 2.45) is 5.73 Å². The van der Waals surface area contributed by atoms with Crippen LogP contribution in [0.4, 0.5) is 10.1 Å². The zero-order valence-corrected chi connectivity index (χ0v) is 13.3. The number of nitrogens with one attached hydrogen (secondary N) is 1. The molecule has 1 heterocycles. The van der Waals surface area contributed by atoms with Crippen LogP contribution in [0.2, 0.25) is 0 Å². The SMILES string of the molecule is Cc1cccc(C(CN)C(=O)Nc2ccc3cnccc3c2)c1F. The monoisotopic (exact) mass is 323 g/mol. The number of anilines is 1. The van der Waals surface area contributed by atoms with Crippen LogP contribution in [0, 0.1) is 12.7 Å². The van der Waals surface area contributed by atoms with Gasteiger partial charge in [-0.1, -0.05) is 24.3 Å². The Morgan fingerprint density at radius 2 is 2.08 bits per heavy atom. The van der Waals surface area contributed by atoms with E-state index in [1.165, 1.54) is 0 Å². The second-order valence-corrected chi connectivity index (χ2v) is 5.69. The number of hydrogen-bond donors (Lipinski definition) is 2. The first-order valence-electron chi connectivity index (χ1n) is 7.70. The first kappa shape index (κ1) is 16.1. The maximum absolute atomic E-state index is 14.3. The maximum atomic E-state index is 14.3. The molecule has 2 aromatic carbocycles. The molecule has 3 rings (SSSR count). The Bertz CT molecular complexity index is 895. The van der Waals surface area contributed by atoms with Crippen LogP contribution in [0.15, 0.2) is 54.9 Å². The summed E-state index contributed by atoms with van der Waals surface area (Å²) in [6.45, 7) is 1.70. The van der Waals surface area contributed by atoms with Gasteiger partial charge in [0.25, 0.3) is 0 Å². The summed E-state index contributed by atoms with van der Waals surface area (Å²) in [5.74, 6) is -1.44. The minimum absolute atomic E-state index is 0.0315. The highest BCUT2D eigenvalue weighted by atomic mass is 19.1. The molecule has 0 fully saturated rings. The van der Waals surface area contributed by atoms with Gasteiger partial charge in [-0.15, -0.1) is 0 Å². The Hall–Kier alpha value is -2.79. The number of pyridine rings is 1. The number of hydrogen-bond acceptors (Lipinski definition) is 3. The van der Waals surface area contributed by atoms with E-state index in [2.05, 4.69) is 10.3 Å². The summed E-state index contributed by atoms with van der Waals surface area (Å²) < 4.78 is 14.3. The van der Waals surface area contributed by atoms with Gasteiger partial charge in [0.05, 0.1) is 5.92 Å². The van der Waals surface area contributed by atoms with E-state index in [9.17, 15) is 9.18 Å². The molecule has 4 nitrogen and oxygen atoms in total. The standard InChI is InChI=1S/C19H18FN3O/c1-12-3-2-4-16(18(12)20)17(10-21)19(24)23-15-6-5-14-11-22-8-7-13(14)9-15/h2-9,11,17H,10,21H2,1H3,(H,23,24). The second kappa shape index (κ2) is 6.76. The fraction of sp³-hybridized carbons (Fsp3) is 0.158. The minimum Gasteiger partial charge on any atom is -0.329 e. The van der Waals surface area contributed by atoms with Crippen molar-refractivity contribution < 1.29 is 9.18 Å². The molecule has 0 spiro atoms. The van der Waals surface area contributed by atoms with Gasteiger partial charge in [0.15, 0.2) is 0 Å². The van der Waals surface area contributed by atoms with Crippen molar-refractivity contribution in [2.45, 2.75) is 12.8 Å². The van der Waals surface area contributed by atoms with E-state index >= 15 is 0 Å². The fourth-order valence-electron chi connectivity index (χ4n) is 2.70. The number of carbonyl (C=O) groups excluding carboxylic acids is 1. The van der Waals surface area contributed by atoms with Gasteiger partial charge in [0, 0.05) is 35.6 Å². The van der Waals surface area contributed by atoms with Crippen LogP contribution in [0.25, 0.3) is 10.8 Å². The number of halogens is 1. The number of aromatic nitrogens is 1. The molecule has 5 heteroatoms. The first-order valence-corrected chi connectivity index (χ1v) is 7.70. The highest BCUT2D eigenvalue weighted by Crippen LogP contribution is 2.24. The number of benzene rings is 2. The van der Waals surface area contributed by atoms with Crippen molar-refractivity contribution in [1.82, 2.24) is 4.98 Å². The summed E-state index contributed by atoms with van der Waals surface area (Å²) in [4.78, 5) is 16.6. The fourth-order valence-corrected chi connectivity index (χ4v) is 2.70. The van der Waals surface area contributed by atoms with Crippen molar-refractivity contribution >= 4 is 22.4 Å². The Morgan fingerprint density at radius 1 is 1.25 bits per heavy atom. The van der Waals surface area contributed by atoms with Gasteiger partial charge >= 0.3 is 0 Å². The van der Waals surface area contributed by atoms with E-state index < -0.39 is 5.92 Å². The van der Waals surface area contributed by atoms with Gasteiger partial charge in [-0.05, 0) is 36.1 Å². The number of aryl methyl sites for hydroxylation is 1. The number of rotatable bonds is 4. The molecule has 1 atom stereocenters. The van der Waals surface area contributed by atoms with E-state index in [-0.39, 0.29) is 18.3 Å². The molecule has 1 amide bonds.